The average molecular weight is 223 g/mol. The normalized spacial score (nSPS) is 26.0. The maximum absolute atomic E-state index is 12.0. The van der Waals surface area contributed by atoms with Crippen molar-refractivity contribution in [1.82, 2.24) is 0 Å². The minimum atomic E-state index is -0.0398. The molecule has 0 spiro atoms. The van der Waals surface area contributed by atoms with Gasteiger partial charge in [-0.1, -0.05) is 20.8 Å². The Morgan fingerprint density at radius 3 is 2.56 bits per heavy atom. The van der Waals surface area contributed by atoms with Gasteiger partial charge in [0.2, 0.25) is 0 Å². The molecule has 0 aromatic heterocycles. The molecule has 0 aliphatic heterocycles. The van der Waals surface area contributed by atoms with E-state index < -0.39 is 0 Å². The zero-order valence-corrected chi connectivity index (χ0v) is 10.6. The lowest BCUT2D eigenvalue weighted by Gasteiger charge is -2.31. The Hall–Kier alpha value is -1.12. The number of nitrogens with zero attached hydrogens (tertiary/aromatic N) is 1. The van der Waals surface area contributed by atoms with Crippen molar-refractivity contribution in [3.8, 4) is 0 Å². The number of Topliss-reactive ketones (excluding diaryl/α,β-unsaturated/α-hetero) is 1. The van der Waals surface area contributed by atoms with Crippen LogP contribution >= 0.6 is 0 Å². The van der Waals surface area contributed by atoms with Crippen LogP contribution in [0.2, 0.25) is 0 Å². The fraction of sp³-hybridized carbons (Fsp3) is 0.692. The lowest BCUT2D eigenvalue weighted by atomic mass is 9.73. The van der Waals surface area contributed by atoms with Gasteiger partial charge in [0.1, 0.15) is 5.76 Å². The molecule has 0 saturated heterocycles. The summed E-state index contributed by atoms with van der Waals surface area (Å²) in [5.41, 5.74) is 1.19. The summed E-state index contributed by atoms with van der Waals surface area (Å²) in [5.74, 6) is 0.242. The van der Waals surface area contributed by atoms with E-state index in [1.165, 1.54) is 0 Å². The molecule has 0 aromatic carbocycles. The molecule has 0 atom stereocenters. The smallest absolute Gasteiger partial charge is 0.168 e. The molecule has 16 heavy (non-hydrogen) atoms. The fourth-order valence-electron chi connectivity index (χ4n) is 2.17. The highest BCUT2D eigenvalue weighted by atomic mass is 16.3. The fourth-order valence-corrected chi connectivity index (χ4v) is 2.17. The number of carbonyl (C=O) groups is 1. The molecule has 0 radical (unpaired) electrons. The minimum absolute atomic E-state index is 0.0304. The van der Waals surface area contributed by atoms with Gasteiger partial charge in [-0.15, -0.1) is 0 Å². The van der Waals surface area contributed by atoms with E-state index in [1.807, 2.05) is 6.92 Å². The van der Waals surface area contributed by atoms with Crippen molar-refractivity contribution in [3.63, 3.8) is 0 Å². The van der Waals surface area contributed by atoms with Gasteiger partial charge in [0.15, 0.2) is 5.78 Å². The van der Waals surface area contributed by atoms with Gasteiger partial charge in [-0.25, -0.2) is 0 Å². The second-order valence-electron chi connectivity index (χ2n) is 5.18. The predicted molar refractivity (Wildman–Crippen MR) is 65.9 cm³/mol. The summed E-state index contributed by atoms with van der Waals surface area (Å²) in [4.78, 5) is 16.2. The quantitative estimate of drug-likeness (QED) is 0.577. The second-order valence-corrected chi connectivity index (χ2v) is 5.18. The van der Waals surface area contributed by atoms with E-state index in [4.69, 9.17) is 0 Å². The zero-order valence-electron chi connectivity index (χ0n) is 10.6. The van der Waals surface area contributed by atoms with Gasteiger partial charge in [-0.3, -0.25) is 9.79 Å². The van der Waals surface area contributed by atoms with E-state index in [2.05, 4.69) is 18.8 Å². The van der Waals surface area contributed by atoms with Crippen LogP contribution < -0.4 is 0 Å². The van der Waals surface area contributed by atoms with Crippen molar-refractivity contribution in [1.29, 1.82) is 0 Å². The van der Waals surface area contributed by atoms with E-state index in [9.17, 15) is 9.90 Å². The van der Waals surface area contributed by atoms with Crippen molar-refractivity contribution < 1.29 is 9.90 Å². The summed E-state index contributed by atoms with van der Waals surface area (Å²) in [5, 5.41) is 9.89. The molecule has 1 aliphatic rings. The number of rotatable bonds is 2. The van der Waals surface area contributed by atoms with E-state index in [0.29, 0.717) is 18.4 Å². The lowest BCUT2D eigenvalue weighted by molar-refractivity contribution is -0.117. The Balaban J connectivity index is 3.10. The molecule has 3 heteroatoms. The highest BCUT2D eigenvalue weighted by Crippen LogP contribution is 2.35. The highest BCUT2D eigenvalue weighted by molar-refractivity contribution is 6.24. The Kier molecular flexibility index (Phi) is 3.89. The number of carbonyl (C=O) groups excluding carboxylic acids is 1. The first-order valence-electron chi connectivity index (χ1n) is 5.82. The van der Waals surface area contributed by atoms with Crippen molar-refractivity contribution in [3.05, 3.63) is 11.3 Å². The maximum atomic E-state index is 12.0. The van der Waals surface area contributed by atoms with Gasteiger partial charge in [0.25, 0.3) is 0 Å². The van der Waals surface area contributed by atoms with Crippen LogP contribution in [0.15, 0.2) is 16.3 Å². The number of hydrogen-bond acceptors (Lipinski definition) is 3. The molecular weight excluding hydrogens is 202 g/mol. The van der Waals surface area contributed by atoms with Gasteiger partial charge >= 0.3 is 0 Å². The van der Waals surface area contributed by atoms with Crippen LogP contribution in [0.4, 0.5) is 0 Å². The summed E-state index contributed by atoms with van der Waals surface area (Å²) < 4.78 is 0. The Morgan fingerprint density at radius 2 is 2.06 bits per heavy atom. The summed E-state index contributed by atoms with van der Waals surface area (Å²) in [6.07, 6.45) is 2.65. The number of allylic oxidation sites excluding steroid dienone is 2. The number of hydrogen-bond donors (Lipinski definition) is 1. The van der Waals surface area contributed by atoms with Gasteiger partial charge in [-0.05, 0) is 18.3 Å². The summed E-state index contributed by atoms with van der Waals surface area (Å²) in [6.45, 7) is 6.10. The Morgan fingerprint density at radius 1 is 1.44 bits per heavy atom. The average Bonchev–Trinajstić information content (AvgIpc) is 2.15. The van der Waals surface area contributed by atoms with Crippen molar-refractivity contribution in [2.24, 2.45) is 10.4 Å². The highest BCUT2D eigenvalue weighted by Gasteiger charge is 2.35. The van der Waals surface area contributed by atoms with Crippen LogP contribution in [-0.2, 0) is 4.79 Å². The van der Waals surface area contributed by atoms with Gasteiger partial charge in [-0.2, -0.15) is 0 Å². The molecule has 90 valence electrons. The Bertz CT molecular complexity index is 351. The number of aliphatic hydroxyl groups excluding tert-OH is 1. The van der Waals surface area contributed by atoms with Crippen LogP contribution in [0.3, 0.4) is 0 Å². The molecule has 1 N–H and O–H groups in total. The molecular formula is C13H21NO2. The van der Waals surface area contributed by atoms with Crippen LogP contribution in [0.25, 0.3) is 0 Å². The minimum Gasteiger partial charge on any atom is -0.511 e. The van der Waals surface area contributed by atoms with E-state index in [0.717, 1.165) is 18.6 Å². The molecule has 1 fully saturated rings. The van der Waals surface area contributed by atoms with Crippen LogP contribution in [0, 0.1) is 5.41 Å². The van der Waals surface area contributed by atoms with Crippen LogP contribution in [0.5, 0.6) is 0 Å². The topological polar surface area (TPSA) is 49.7 Å². The van der Waals surface area contributed by atoms with Crippen molar-refractivity contribution in [2.45, 2.75) is 46.5 Å². The first kappa shape index (κ1) is 12.9. The molecule has 0 heterocycles. The molecule has 0 aromatic rings. The van der Waals surface area contributed by atoms with Crippen LogP contribution in [-0.4, -0.2) is 23.6 Å². The summed E-state index contributed by atoms with van der Waals surface area (Å²) >= 11 is 0. The standard InChI is InChI=1S/C13H21NO2/c1-5-6-10(15)12-9(14-4)7-13(2,3)8-11(12)16/h15H,5-8H2,1-4H3/b12-10-,14-9?. The van der Waals surface area contributed by atoms with Gasteiger partial charge in [0.05, 0.1) is 5.57 Å². The predicted octanol–water partition coefficient (Wildman–Crippen LogP) is 3.06. The SMILES string of the molecule is CCC/C(O)=C1/C(=O)CC(C)(C)CC1=NC. The van der Waals surface area contributed by atoms with Gasteiger partial charge in [0, 0.05) is 25.6 Å². The molecule has 1 aliphatic carbocycles. The van der Waals surface area contributed by atoms with Gasteiger partial charge < -0.3 is 5.11 Å². The van der Waals surface area contributed by atoms with Crippen LogP contribution in [0.1, 0.15) is 46.5 Å². The van der Waals surface area contributed by atoms with Crippen molar-refractivity contribution in [2.75, 3.05) is 7.05 Å². The van der Waals surface area contributed by atoms with Crippen molar-refractivity contribution >= 4 is 11.5 Å². The number of aliphatic imine (C=N–C) groups is 1. The molecule has 1 saturated carbocycles. The first-order valence-corrected chi connectivity index (χ1v) is 5.82. The monoisotopic (exact) mass is 223 g/mol. The molecule has 0 amide bonds. The number of aliphatic hydroxyl groups is 1. The van der Waals surface area contributed by atoms with E-state index in [-0.39, 0.29) is 17.0 Å². The first-order chi connectivity index (χ1) is 7.41. The largest absolute Gasteiger partial charge is 0.511 e. The van der Waals surface area contributed by atoms with E-state index in [1.54, 1.807) is 7.05 Å². The third-order valence-electron chi connectivity index (χ3n) is 2.90. The third-order valence-corrected chi connectivity index (χ3v) is 2.90. The second kappa shape index (κ2) is 4.81. The number of ketones is 1. The lowest BCUT2D eigenvalue weighted by Crippen LogP contribution is -2.32. The Labute approximate surface area is 97.3 Å². The summed E-state index contributed by atoms with van der Waals surface area (Å²) in [6, 6.07) is 0. The molecule has 0 unspecified atom stereocenters. The zero-order chi connectivity index (χ0) is 12.3. The summed E-state index contributed by atoms with van der Waals surface area (Å²) in [7, 11) is 1.68. The molecule has 1 rings (SSSR count). The third kappa shape index (κ3) is 2.71. The molecule has 0 bridgehead atoms. The molecule has 3 nitrogen and oxygen atoms in total. The van der Waals surface area contributed by atoms with E-state index >= 15 is 0 Å². The maximum Gasteiger partial charge on any atom is 0.168 e.